The number of carbonyl (C=O) groups is 1. The SMILES string of the molecule is CNC(CN1CCOC1=O)c1ccccc1C. The first kappa shape index (κ1) is 11.9. The van der Waals surface area contributed by atoms with Crippen molar-refractivity contribution in [3.63, 3.8) is 0 Å². The van der Waals surface area contributed by atoms with Crippen LogP contribution >= 0.6 is 0 Å². The van der Waals surface area contributed by atoms with E-state index in [9.17, 15) is 4.79 Å². The fourth-order valence-corrected chi connectivity index (χ4v) is 2.13. The zero-order chi connectivity index (χ0) is 12.3. The third kappa shape index (κ3) is 2.58. The van der Waals surface area contributed by atoms with Gasteiger partial charge in [0.15, 0.2) is 0 Å². The Morgan fingerprint density at radius 1 is 1.47 bits per heavy atom. The van der Waals surface area contributed by atoms with Crippen LogP contribution in [0.25, 0.3) is 0 Å². The smallest absolute Gasteiger partial charge is 0.410 e. The molecule has 1 amide bonds. The van der Waals surface area contributed by atoms with Crippen molar-refractivity contribution in [2.75, 3.05) is 26.7 Å². The van der Waals surface area contributed by atoms with E-state index in [0.717, 1.165) is 0 Å². The van der Waals surface area contributed by atoms with E-state index in [-0.39, 0.29) is 12.1 Å². The zero-order valence-electron chi connectivity index (χ0n) is 10.3. The van der Waals surface area contributed by atoms with E-state index < -0.39 is 0 Å². The number of hydrogen-bond donors (Lipinski definition) is 1. The molecular weight excluding hydrogens is 216 g/mol. The lowest BCUT2D eigenvalue weighted by atomic mass is 10.0. The van der Waals surface area contributed by atoms with Gasteiger partial charge in [-0.15, -0.1) is 0 Å². The molecule has 1 atom stereocenters. The minimum atomic E-state index is -0.209. The molecular formula is C13H18N2O2. The number of carbonyl (C=O) groups excluding carboxylic acids is 1. The minimum Gasteiger partial charge on any atom is -0.448 e. The fraction of sp³-hybridized carbons (Fsp3) is 0.462. The molecule has 0 aliphatic carbocycles. The highest BCUT2D eigenvalue weighted by Gasteiger charge is 2.25. The largest absolute Gasteiger partial charge is 0.448 e. The quantitative estimate of drug-likeness (QED) is 0.862. The molecule has 1 aliphatic heterocycles. The van der Waals surface area contributed by atoms with Gasteiger partial charge in [0.05, 0.1) is 12.6 Å². The van der Waals surface area contributed by atoms with Gasteiger partial charge in [-0.05, 0) is 25.1 Å². The first-order valence-electron chi connectivity index (χ1n) is 5.87. The van der Waals surface area contributed by atoms with Crippen LogP contribution in [0.5, 0.6) is 0 Å². The molecule has 1 heterocycles. The second kappa shape index (κ2) is 5.19. The van der Waals surface area contributed by atoms with Crippen LogP contribution < -0.4 is 5.32 Å². The summed E-state index contributed by atoms with van der Waals surface area (Å²) in [5.74, 6) is 0. The molecule has 1 aromatic rings. The number of cyclic esters (lactones) is 1. The van der Waals surface area contributed by atoms with Gasteiger partial charge in [0.25, 0.3) is 0 Å². The Balaban J connectivity index is 2.11. The molecule has 4 heteroatoms. The van der Waals surface area contributed by atoms with E-state index >= 15 is 0 Å². The van der Waals surface area contributed by atoms with E-state index in [2.05, 4.69) is 24.4 Å². The summed E-state index contributed by atoms with van der Waals surface area (Å²) in [6.07, 6.45) is -0.209. The Bertz CT molecular complexity index is 406. The molecule has 1 aliphatic rings. The summed E-state index contributed by atoms with van der Waals surface area (Å²) < 4.78 is 4.94. The number of nitrogens with one attached hydrogen (secondary N) is 1. The van der Waals surface area contributed by atoms with Gasteiger partial charge in [0, 0.05) is 6.54 Å². The Labute approximate surface area is 102 Å². The summed E-state index contributed by atoms with van der Waals surface area (Å²) in [5, 5.41) is 3.26. The van der Waals surface area contributed by atoms with Crippen LogP contribution in [0.1, 0.15) is 17.2 Å². The predicted molar refractivity (Wildman–Crippen MR) is 65.9 cm³/mol. The first-order chi connectivity index (χ1) is 8.22. The van der Waals surface area contributed by atoms with Crippen LogP contribution in [0.3, 0.4) is 0 Å². The molecule has 17 heavy (non-hydrogen) atoms. The summed E-state index contributed by atoms with van der Waals surface area (Å²) in [5.41, 5.74) is 2.47. The average Bonchev–Trinajstić information content (AvgIpc) is 2.73. The summed E-state index contributed by atoms with van der Waals surface area (Å²) in [7, 11) is 1.92. The molecule has 1 aromatic carbocycles. The van der Waals surface area contributed by atoms with Gasteiger partial charge in [-0.1, -0.05) is 24.3 Å². The van der Waals surface area contributed by atoms with Crippen LogP contribution in [-0.4, -0.2) is 37.7 Å². The van der Waals surface area contributed by atoms with Gasteiger partial charge in [-0.3, -0.25) is 0 Å². The summed E-state index contributed by atoms with van der Waals surface area (Å²) in [4.78, 5) is 13.2. The Morgan fingerprint density at radius 3 is 2.82 bits per heavy atom. The Morgan fingerprint density at radius 2 is 2.24 bits per heavy atom. The van der Waals surface area contributed by atoms with E-state index in [1.165, 1.54) is 11.1 Å². The standard InChI is InChI=1S/C13H18N2O2/c1-10-5-3-4-6-11(10)12(14-2)9-15-7-8-17-13(15)16/h3-6,12,14H,7-9H2,1-2H3. The van der Waals surface area contributed by atoms with Gasteiger partial charge in [0.1, 0.15) is 6.61 Å². The Hall–Kier alpha value is -1.55. The van der Waals surface area contributed by atoms with E-state index in [1.54, 1.807) is 4.90 Å². The van der Waals surface area contributed by atoms with Crippen LogP contribution in [0.15, 0.2) is 24.3 Å². The number of rotatable bonds is 4. The number of amides is 1. The molecule has 0 bridgehead atoms. The van der Waals surface area contributed by atoms with Gasteiger partial charge in [0.2, 0.25) is 0 Å². The first-order valence-corrected chi connectivity index (χ1v) is 5.87. The highest BCUT2D eigenvalue weighted by Crippen LogP contribution is 2.19. The summed E-state index contributed by atoms with van der Waals surface area (Å²) >= 11 is 0. The van der Waals surface area contributed by atoms with E-state index in [1.807, 2.05) is 19.2 Å². The molecule has 2 rings (SSSR count). The molecule has 1 N–H and O–H groups in total. The topological polar surface area (TPSA) is 41.6 Å². The zero-order valence-corrected chi connectivity index (χ0v) is 10.3. The molecule has 1 fully saturated rings. The lowest BCUT2D eigenvalue weighted by molar-refractivity contribution is 0.156. The van der Waals surface area contributed by atoms with Gasteiger partial charge in [-0.2, -0.15) is 0 Å². The van der Waals surface area contributed by atoms with Crippen molar-refractivity contribution in [2.24, 2.45) is 0 Å². The third-order valence-electron chi connectivity index (χ3n) is 3.16. The van der Waals surface area contributed by atoms with Crippen LogP contribution in [0, 0.1) is 6.92 Å². The predicted octanol–water partition coefficient (Wildman–Crippen LogP) is 1.71. The third-order valence-corrected chi connectivity index (χ3v) is 3.16. The highest BCUT2D eigenvalue weighted by molar-refractivity contribution is 5.69. The second-order valence-corrected chi connectivity index (χ2v) is 4.26. The van der Waals surface area contributed by atoms with Crippen molar-refractivity contribution in [1.82, 2.24) is 10.2 Å². The van der Waals surface area contributed by atoms with Gasteiger partial charge in [-0.25, -0.2) is 4.79 Å². The fourth-order valence-electron chi connectivity index (χ4n) is 2.13. The minimum absolute atomic E-state index is 0.154. The number of ether oxygens (including phenoxy) is 1. The molecule has 0 radical (unpaired) electrons. The maximum Gasteiger partial charge on any atom is 0.410 e. The molecule has 1 saturated heterocycles. The second-order valence-electron chi connectivity index (χ2n) is 4.26. The molecule has 92 valence electrons. The average molecular weight is 234 g/mol. The van der Waals surface area contributed by atoms with E-state index in [4.69, 9.17) is 4.74 Å². The maximum absolute atomic E-state index is 11.4. The molecule has 0 spiro atoms. The van der Waals surface area contributed by atoms with E-state index in [0.29, 0.717) is 19.7 Å². The number of nitrogens with zero attached hydrogens (tertiary/aromatic N) is 1. The number of aryl methyl sites for hydroxylation is 1. The van der Waals surface area contributed by atoms with Gasteiger partial charge < -0.3 is 15.0 Å². The number of likely N-dealkylation sites (N-methyl/N-ethyl adjacent to an activating group) is 1. The van der Waals surface area contributed by atoms with Crippen molar-refractivity contribution in [1.29, 1.82) is 0 Å². The molecule has 0 aromatic heterocycles. The summed E-state index contributed by atoms with van der Waals surface area (Å²) in [6, 6.07) is 8.38. The van der Waals surface area contributed by atoms with Crippen molar-refractivity contribution in [2.45, 2.75) is 13.0 Å². The lowest BCUT2D eigenvalue weighted by Crippen LogP contribution is -2.34. The highest BCUT2D eigenvalue weighted by atomic mass is 16.6. The summed E-state index contributed by atoms with van der Waals surface area (Å²) in [6.45, 7) is 3.92. The Kier molecular flexibility index (Phi) is 3.64. The van der Waals surface area contributed by atoms with Crippen molar-refractivity contribution in [3.8, 4) is 0 Å². The van der Waals surface area contributed by atoms with Gasteiger partial charge >= 0.3 is 6.09 Å². The van der Waals surface area contributed by atoms with Crippen LogP contribution in [0.4, 0.5) is 4.79 Å². The molecule has 0 saturated carbocycles. The monoisotopic (exact) mass is 234 g/mol. The molecule has 1 unspecified atom stereocenters. The van der Waals surface area contributed by atoms with Crippen molar-refractivity contribution < 1.29 is 9.53 Å². The number of benzene rings is 1. The van der Waals surface area contributed by atoms with Crippen LogP contribution in [-0.2, 0) is 4.74 Å². The lowest BCUT2D eigenvalue weighted by Gasteiger charge is -2.23. The molecule has 4 nitrogen and oxygen atoms in total. The number of hydrogen-bond acceptors (Lipinski definition) is 3. The van der Waals surface area contributed by atoms with Crippen LogP contribution in [0.2, 0.25) is 0 Å². The van der Waals surface area contributed by atoms with Crippen molar-refractivity contribution in [3.05, 3.63) is 35.4 Å². The maximum atomic E-state index is 11.4. The normalized spacial score (nSPS) is 17.1. The van der Waals surface area contributed by atoms with Crippen molar-refractivity contribution >= 4 is 6.09 Å².